The molecule has 8 heteroatoms. The average molecular weight is 286 g/mol. The van der Waals surface area contributed by atoms with E-state index in [1.54, 1.807) is 0 Å². The Kier molecular flexibility index (Phi) is 5.06. The van der Waals surface area contributed by atoms with Gasteiger partial charge in [-0.15, -0.1) is 5.10 Å². The largest absolute Gasteiger partial charge is 1.00 e. The standard InChI is InChI=1S/C12H20N6O.Na/c1-16(2)5-10-6-17(15-14-10)8-11-4-3-9-7-18(11)12(19)13-9;/h6,9,11H,3-5,7-8H2,1-2H3,(H,13,19);/q;+1/p-1/t9-,11+;/m1./s1. The van der Waals surface area contributed by atoms with Crippen molar-refractivity contribution in [2.24, 2.45) is 0 Å². The molecule has 0 aromatic carbocycles. The maximum atomic E-state index is 11.7. The van der Waals surface area contributed by atoms with Gasteiger partial charge in [0.05, 0.1) is 5.69 Å². The summed E-state index contributed by atoms with van der Waals surface area (Å²) < 4.78 is 1.84. The van der Waals surface area contributed by atoms with Crippen molar-refractivity contribution < 1.29 is 34.4 Å². The molecule has 7 nitrogen and oxygen atoms in total. The van der Waals surface area contributed by atoms with Gasteiger partial charge >= 0.3 is 29.6 Å². The van der Waals surface area contributed by atoms with E-state index in [1.165, 1.54) is 0 Å². The predicted molar refractivity (Wildman–Crippen MR) is 69.7 cm³/mol. The minimum atomic E-state index is -0.0545. The molecular formula is C12H19N6NaO. The fourth-order valence-corrected chi connectivity index (χ4v) is 2.81. The van der Waals surface area contributed by atoms with Crippen molar-refractivity contribution in [1.29, 1.82) is 0 Å². The van der Waals surface area contributed by atoms with Gasteiger partial charge in [0.15, 0.2) is 6.03 Å². The molecule has 2 fully saturated rings. The summed E-state index contributed by atoms with van der Waals surface area (Å²) in [6.45, 7) is 2.28. The van der Waals surface area contributed by atoms with E-state index in [0.717, 1.165) is 31.6 Å². The van der Waals surface area contributed by atoms with Crippen LogP contribution < -0.4 is 29.6 Å². The molecule has 2 atom stereocenters. The fraction of sp³-hybridized carbons (Fsp3) is 0.750. The second-order valence-corrected chi connectivity index (χ2v) is 5.62. The Hall–Kier alpha value is -0.630. The van der Waals surface area contributed by atoms with E-state index in [4.69, 9.17) is 0 Å². The number of fused-ring (bicyclic) bond motifs is 2. The van der Waals surface area contributed by atoms with E-state index in [-0.39, 0.29) is 47.7 Å². The van der Waals surface area contributed by atoms with Crippen molar-refractivity contribution in [3.05, 3.63) is 17.2 Å². The van der Waals surface area contributed by atoms with Gasteiger partial charge in [-0.2, -0.15) is 0 Å². The number of aromatic nitrogens is 3. The second kappa shape index (κ2) is 6.43. The first-order valence-electron chi connectivity index (χ1n) is 6.67. The summed E-state index contributed by atoms with van der Waals surface area (Å²) in [6, 6.07) is 0.383. The normalized spacial score (nSPS) is 24.8. The molecule has 2 aliphatic rings. The SMILES string of the molecule is CN(C)Cc1cn(C[C@@H]2CC[C@@H]3CN2C(=O)[N-]3)nn1.[Na+]. The molecule has 0 saturated carbocycles. The predicted octanol–water partition coefficient (Wildman–Crippen LogP) is -2.32. The average Bonchev–Trinajstić information content (AvgIpc) is 2.88. The molecular weight excluding hydrogens is 267 g/mol. The molecule has 3 rings (SSSR count). The van der Waals surface area contributed by atoms with Crippen molar-refractivity contribution in [3.63, 3.8) is 0 Å². The summed E-state index contributed by atoms with van der Waals surface area (Å²) >= 11 is 0. The summed E-state index contributed by atoms with van der Waals surface area (Å²) in [7, 11) is 4.01. The summed E-state index contributed by atoms with van der Waals surface area (Å²) in [5.74, 6) is 0. The van der Waals surface area contributed by atoms with Crippen molar-refractivity contribution >= 4 is 6.03 Å². The van der Waals surface area contributed by atoms with Crippen LogP contribution in [-0.4, -0.2) is 63.5 Å². The zero-order chi connectivity index (χ0) is 13.4. The van der Waals surface area contributed by atoms with Crippen LogP contribution in [-0.2, 0) is 13.1 Å². The van der Waals surface area contributed by atoms with E-state index in [1.807, 2.05) is 29.9 Å². The Bertz CT molecular complexity index is 476. The summed E-state index contributed by atoms with van der Waals surface area (Å²) in [4.78, 5) is 15.6. The summed E-state index contributed by atoms with van der Waals surface area (Å²) in [5, 5.41) is 12.4. The Labute approximate surface area is 141 Å². The van der Waals surface area contributed by atoms with E-state index >= 15 is 0 Å². The van der Waals surface area contributed by atoms with E-state index in [9.17, 15) is 4.79 Å². The van der Waals surface area contributed by atoms with Crippen LogP contribution in [0, 0.1) is 0 Å². The van der Waals surface area contributed by atoms with E-state index in [0.29, 0.717) is 6.54 Å². The molecule has 2 aliphatic heterocycles. The number of piperidine rings is 1. The van der Waals surface area contributed by atoms with Gasteiger partial charge in [0.25, 0.3) is 0 Å². The number of hydrogen-bond acceptors (Lipinski definition) is 4. The van der Waals surface area contributed by atoms with E-state index in [2.05, 4.69) is 20.5 Å². The maximum Gasteiger partial charge on any atom is 1.00 e. The van der Waals surface area contributed by atoms with Crippen LogP contribution in [0.4, 0.5) is 4.79 Å². The zero-order valence-corrected chi connectivity index (χ0v) is 14.4. The Morgan fingerprint density at radius 3 is 3.00 bits per heavy atom. The molecule has 2 saturated heterocycles. The first-order chi connectivity index (χ1) is 9.11. The monoisotopic (exact) mass is 286 g/mol. The van der Waals surface area contributed by atoms with Crippen molar-refractivity contribution in [2.45, 2.75) is 38.0 Å². The number of nitrogens with zero attached hydrogens (tertiary/aromatic N) is 6. The number of urea groups is 1. The molecule has 2 bridgehead atoms. The van der Waals surface area contributed by atoms with Gasteiger partial charge in [0, 0.05) is 19.3 Å². The van der Waals surface area contributed by atoms with Gasteiger partial charge < -0.3 is 15.1 Å². The van der Waals surface area contributed by atoms with Crippen LogP contribution in [0.3, 0.4) is 0 Å². The molecule has 20 heavy (non-hydrogen) atoms. The van der Waals surface area contributed by atoms with Crippen LogP contribution in [0.2, 0.25) is 0 Å². The molecule has 0 unspecified atom stereocenters. The quantitative estimate of drug-likeness (QED) is 0.583. The third kappa shape index (κ3) is 3.33. The zero-order valence-electron chi connectivity index (χ0n) is 12.4. The minimum Gasteiger partial charge on any atom is -0.431 e. The molecule has 3 heterocycles. The second-order valence-electron chi connectivity index (χ2n) is 5.62. The number of rotatable bonds is 4. The number of carbonyl (C=O) groups is 1. The molecule has 2 amide bonds. The smallest absolute Gasteiger partial charge is 0.431 e. The molecule has 1 aromatic heterocycles. The van der Waals surface area contributed by atoms with Gasteiger partial charge in [0.2, 0.25) is 0 Å². The Balaban J connectivity index is 0.00000147. The first-order valence-corrected chi connectivity index (χ1v) is 6.67. The number of carbonyl (C=O) groups excluding carboxylic acids is 1. The Morgan fingerprint density at radius 1 is 1.45 bits per heavy atom. The van der Waals surface area contributed by atoms with Crippen LogP contribution in [0.5, 0.6) is 0 Å². The molecule has 0 aliphatic carbocycles. The Morgan fingerprint density at radius 2 is 2.25 bits per heavy atom. The summed E-state index contributed by atoms with van der Waals surface area (Å²) in [6.07, 6.45) is 3.97. The van der Waals surface area contributed by atoms with Crippen molar-refractivity contribution in [2.75, 3.05) is 20.6 Å². The molecule has 0 spiro atoms. The third-order valence-corrected chi connectivity index (χ3v) is 3.68. The van der Waals surface area contributed by atoms with Gasteiger partial charge in [-0.05, 0) is 39.1 Å². The van der Waals surface area contributed by atoms with E-state index < -0.39 is 0 Å². The van der Waals surface area contributed by atoms with Crippen LogP contribution in [0.25, 0.3) is 5.32 Å². The molecule has 0 radical (unpaired) electrons. The molecule has 104 valence electrons. The maximum absolute atomic E-state index is 11.7. The van der Waals surface area contributed by atoms with Crippen molar-refractivity contribution in [3.8, 4) is 0 Å². The first kappa shape index (κ1) is 15.8. The van der Waals surface area contributed by atoms with Gasteiger partial charge in [-0.3, -0.25) is 9.48 Å². The third-order valence-electron chi connectivity index (χ3n) is 3.68. The van der Waals surface area contributed by atoms with Gasteiger partial charge in [0.1, 0.15) is 0 Å². The number of hydrogen-bond donors (Lipinski definition) is 0. The molecule has 1 aromatic rings. The van der Waals surface area contributed by atoms with Crippen LogP contribution in [0.1, 0.15) is 18.5 Å². The topological polar surface area (TPSA) is 68.4 Å². The summed E-state index contributed by atoms with van der Waals surface area (Å²) in [5.41, 5.74) is 0.955. The minimum absolute atomic E-state index is 0. The van der Waals surface area contributed by atoms with Gasteiger partial charge in [-0.1, -0.05) is 11.6 Å². The van der Waals surface area contributed by atoms with Gasteiger partial charge in [-0.25, -0.2) is 0 Å². The van der Waals surface area contributed by atoms with Crippen molar-refractivity contribution in [1.82, 2.24) is 24.8 Å². The van der Waals surface area contributed by atoms with Crippen LogP contribution >= 0.6 is 0 Å². The number of amides is 2. The van der Waals surface area contributed by atoms with Crippen LogP contribution in [0.15, 0.2) is 6.20 Å². The fourth-order valence-electron chi connectivity index (χ4n) is 2.81. The molecule has 0 N–H and O–H groups in total.